The van der Waals surface area contributed by atoms with Crippen LogP contribution in [0.3, 0.4) is 0 Å². The topological polar surface area (TPSA) is 50.8 Å². The molecule has 2 heterocycles. The van der Waals surface area contributed by atoms with Crippen molar-refractivity contribution in [2.24, 2.45) is 5.41 Å². The average molecular weight is 321 g/mol. The molecule has 124 valence electrons. The maximum Gasteiger partial charge on any atom is 0.251 e. The number of amides is 1. The smallest absolute Gasteiger partial charge is 0.251 e. The lowest BCUT2D eigenvalue weighted by Gasteiger charge is -2.39. The van der Waals surface area contributed by atoms with E-state index in [0.29, 0.717) is 25.2 Å². The van der Waals surface area contributed by atoms with Gasteiger partial charge in [-0.05, 0) is 45.1 Å². The lowest BCUT2D eigenvalue weighted by atomic mass is 9.78. The number of nitrogens with one attached hydrogen (secondary N) is 1. The zero-order valence-corrected chi connectivity index (χ0v) is 14.0. The first kappa shape index (κ1) is 18.7. The van der Waals surface area contributed by atoms with Crippen LogP contribution in [0.25, 0.3) is 0 Å². The Balaban J connectivity index is 0.00000220. The Bertz CT molecular complexity index is 312. The number of hydrogen-bond acceptors (Lipinski definition) is 4. The predicted molar refractivity (Wildman–Crippen MR) is 84.9 cm³/mol. The van der Waals surface area contributed by atoms with E-state index in [1.54, 1.807) is 0 Å². The number of rotatable bonds is 6. The summed E-state index contributed by atoms with van der Waals surface area (Å²) in [5.74, 6) is 0.127. The average Bonchev–Trinajstić information content (AvgIpc) is 2.92. The molecule has 2 saturated heterocycles. The summed E-state index contributed by atoms with van der Waals surface area (Å²) in [4.78, 5) is 14.3. The lowest BCUT2D eigenvalue weighted by Crippen LogP contribution is -2.47. The van der Waals surface area contributed by atoms with Gasteiger partial charge in [0.15, 0.2) is 0 Å². The van der Waals surface area contributed by atoms with Crippen molar-refractivity contribution in [2.75, 3.05) is 46.0 Å². The van der Waals surface area contributed by atoms with Gasteiger partial charge in [-0.2, -0.15) is 0 Å². The van der Waals surface area contributed by atoms with E-state index in [9.17, 15) is 4.79 Å². The molecule has 0 bridgehead atoms. The van der Waals surface area contributed by atoms with Crippen LogP contribution in [0.4, 0.5) is 0 Å². The Labute approximate surface area is 134 Å². The maximum absolute atomic E-state index is 12.3. The van der Waals surface area contributed by atoms with Crippen molar-refractivity contribution in [3.05, 3.63) is 0 Å². The summed E-state index contributed by atoms with van der Waals surface area (Å²) >= 11 is 0. The third kappa shape index (κ3) is 5.09. The molecule has 0 saturated carbocycles. The second kappa shape index (κ2) is 8.93. The third-order valence-corrected chi connectivity index (χ3v) is 4.62. The number of carbonyl (C=O) groups excluding carboxylic acids is 1. The highest BCUT2D eigenvalue weighted by atomic mass is 35.5. The van der Waals surface area contributed by atoms with Crippen LogP contribution in [0.5, 0.6) is 0 Å². The third-order valence-electron chi connectivity index (χ3n) is 4.62. The van der Waals surface area contributed by atoms with Crippen molar-refractivity contribution >= 4 is 18.3 Å². The van der Waals surface area contributed by atoms with E-state index in [-0.39, 0.29) is 24.4 Å². The molecule has 0 aromatic carbocycles. The number of nitrogens with zero attached hydrogens (tertiary/aromatic N) is 1. The molecule has 5 nitrogen and oxygen atoms in total. The fourth-order valence-electron chi connectivity index (χ4n) is 3.18. The predicted octanol–water partition coefficient (Wildman–Crippen LogP) is 1.45. The Kier molecular flexibility index (Phi) is 7.95. The maximum atomic E-state index is 12.3. The summed E-state index contributed by atoms with van der Waals surface area (Å²) in [5, 5.41) is 3.45. The van der Waals surface area contributed by atoms with Crippen LogP contribution in [0.1, 0.15) is 33.1 Å². The highest BCUT2D eigenvalue weighted by Gasteiger charge is 2.38. The van der Waals surface area contributed by atoms with E-state index >= 15 is 0 Å². The molecule has 2 aliphatic rings. The number of ether oxygens (including phenoxy) is 2. The van der Waals surface area contributed by atoms with Crippen LogP contribution in [-0.2, 0) is 14.3 Å². The van der Waals surface area contributed by atoms with Crippen LogP contribution in [0, 0.1) is 5.41 Å². The monoisotopic (exact) mass is 320 g/mol. The molecule has 2 fully saturated rings. The molecular weight excluding hydrogens is 292 g/mol. The van der Waals surface area contributed by atoms with Crippen LogP contribution < -0.4 is 5.32 Å². The fraction of sp³-hybridized carbons (Fsp3) is 0.933. The molecule has 21 heavy (non-hydrogen) atoms. The molecule has 0 aliphatic carbocycles. The Morgan fingerprint density at radius 1 is 1.29 bits per heavy atom. The summed E-state index contributed by atoms with van der Waals surface area (Å²) < 4.78 is 10.8. The Hall–Kier alpha value is -0.360. The van der Waals surface area contributed by atoms with Gasteiger partial charge in [-0.25, -0.2) is 0 Å². The van der Waals surface area contributed by atoms with Gasteiger partial charge in [0.25, 0.3) is 5.91 Å². The van der Waals surface area contributed by atoms with E-state index in [1.165, 1.54) is 6.42 Å². The number of halogens is 1. The molecule has 0 aromatic rings. The van der Waals surface area contributed by atoms with Crippen LogP contribution in [0.15, 0.2) is 0 Å². The second-order valence-electron chi connectivity index (χ2n) is 5.96. The van der Waals surface area contributed by atoms with Gasteiger partial charge in [0.05, 0.1) is 13.2 Å². The van der Waals surface area contributed by atoms with Crippen LogP contribution in [0.2, 0.25) is 0 Å². The number of carbonyl (C=O) groups is 1. The standard InChI is InChI=1S/C15H28N2O3.ClH/c1-3-19-10-11-20-13(2)14(18)17-8-5-15(6-9-17)4-7-16-12-15;/h13,16H,3-12H2,1-2H3;1H. The Morgan fingerprint density at radius 3 is 2.57 bits per heavy atom. The molecule has 1 spiro atoms. The van der Waals surface area contributed by atoms with Gasteiger partial charge in [-0.3, -0.25) is 4.79 Å². The quantitative estimate of drug-likeness (QED) is 0.753. The van der Waals surface area contributed by atoms with Gasteiger partial charge in [0.1, 0.15) is 6.10 Å². The largest absolute Gasteiger partial charge is 0.379 e. The molecule has 1 amide bonds. The van der Waals surface area contributed by atoms with E-state index in [1.807, 2.05) is 18.7 Å². The van der Waals surface area contributed by atoms with Crippen molar-refractivity contribution in [1.29, 1.82) is 0 Å². The highest BCUT2D eigenvalue weighted by Crippen LogP contribution is 2.36. The first-order chi connectivity index (χ1) is 9.67. The highest BCUT2D eigenvalue weighted by molar-refractivity contribution is 5.85. The summed E-state index contributed by atoms with van der Waals surface area (Å²) in [5.41, 5.74) is 0.454. The minimum absolute atomic E-state index is 0. The van der Waals surface area contributed by atoms with Crippen LogP contribution in [-0.4, -0.2) is 62.9 Å². The molecular formula is C15H29ClN2O3. The number of hydrogen-bond donors (Lipinski definition) is 1. The molecule has 1 atom stereocenters. The Morgan fingerprint density at radius 2 is 2.00 bits per heavy atom. The number of likely N-dealkylation sites (tertiary alicyclic amines) is 1. The van der Waals surface area contributed by atoms with Crippen molar-refractivity contribution in [3.63, 3.8) is 0 Å². The summed E-state index contributed by atoms with van der Waals surface area (Å²) in [6, 6.07) is 0. The molecule has 1 N–H and O–H groups in total. The summed E-state index contributed by atoms with van der Waals surface area (Å²) in [6.45, 7) is 9.53. The first-order valence-corrected chi connectivity index (χ1v) is 7.86. The first-order valence-electron chi connectivity index (χ1n) is 7.86. The second-order valence-corrected chi connectivity index (χ2v) is 5.96. The van der Waals surface area contributed by atoms with Gasteiger partial charge < -0.3 is 19.7 Å². The lowest BCUT2D eigenvalue weighted by molar-refractivity contribution is -0.145. The van der Waals surface area contributed by atoms with Crippen molar-refractivity contribution in [1.82, 2.24) is 10.2 Å². The zero-order valence-electron chi connectivity index (χ0n) is 13.2. The molecule has 2 aliphatic heterocycles. The molecule has 0 aromatic heterocycles. The minimum atomic E-state index is -0.355. The molecule has 6 heteroatoms. The molecule has 0 radical (unpaired) electrons. The normalized spacial score (nSPS) is 22.1. The van der Waals surface area contributed by atoms with Crippen molar-refractivity contribution in [3.8, 4) is 0 Å². The van der Waals surface area contributed by atoms with E-state index < -0.39 is 0 Å². The molecule has 2 rings (SSSR count). The van der Waals surface area contributed by atoms with Gasteiger partial charge in [-0.15, -0.1) is 12.4 Å². The summed E-state index contributed by atoms with van der Waals surface area (Å²) in [6.07, 6.45) is 3.15. The fourth-order valence-corrected chi connectivity index (χ4v) is 3.18. The number of piperidine rings is 1. The molecule has 1 unspecified atom stereocenters. The van der Waals surface area contributed by atoms with Crippen LogP contribution >= 0.6 is 12.4 Å². The van der Waals surface area contributed by atoms with E-state index in [4.69, 9.17) is 9.47 Å². The summed E-state index contributed by atoms with van der Waals surface area (Å²) in [7, 11) is 0. The zero-order chi connectivity index (χ0) is 14.4. The van der Waals surface area contributed by atoms with Gasteiger partial charge in [0, 0.05) is 26.2 Å². The van der Waals surface area contributed by atoms with E-state index in [0.717, 1.165) is 39.0 Å². The van der Waals surface area contributed by atoms with Crippen molar-refractivity contribution < 1.29 is 14.3 Å². The van der Waals surface area contributed by atoms with Gasteiger partial charge in [-0.1, -0.05) is 0 Å². The van der Waals surface area contributed by atoms with Gasteiger partial charge in [0.2, 0.25) is 0 Å². The van der Waals surface area contributed by atoms with Gasteiger partial charge >= 0.3 is 0 Å². The SMILES string of the molecule is CCOCCOC(C)C(=O)N1CCC2(CCNC2)CC1.Cl. The van der Waals surface area contributed by atoms with Crippen molar-refractivity contribution in [2.45, 2.75) is 39.2 Å². The minimum Gasteiger partial charge on any atom is -0.379 e. The van der Waals surface area contributed by atoms with E-state index in [2.05, 4.69) is 5.32 Å².